The van der Waals surface area contributed by atoms with Crippen LogP contribution in [0.5, 0.6) is 11.5 Å². The van der Waals surface area contributed by atoms with Crippen molar-refractivity contribution in [2.75, 3.05) is 33.2 Å². The molecule has 2 fully saturated rings. The van der Waals surface area contributed by atoms with Crippen LogP contribution in [-0.2, 0) is 6.54 Å². The van der Waals surface area contributed by atoms with Crippen molar-refractivity contribution in [2.24, 2.45) is 5.41 Å². The average Bonchev–Trinajstić information content (AvgIpc) is 2.64. The first-order chi connectivity index (χ1) is 13.1. The van der Waals surface area contributed by atoms with Crippen molar-refractivity contribution in [1.82, 2.24) is 9.80 Å². The van der Waals surface area contributed by atoms with Crippen molar-refractivity contribution in [3.63, 3.8) is 0 Å². The summed E-state index contributed by atoms with van der Waals surface area (Å²) in [5.74, 6) is 1.76. The third kappa shape index (κ3) is 4.70. The van der Waals surface area contributed by atoms with Crippen LogP contribution in [0.25, 0.3) is 0 Å². The molecule has 0 radical (unpaired) electrons. The van der Waals surface area contributed by atoms with Crippen LogP contribution in [-0.4, -0.2) is 54.2 Å². The molecule has 1 spiro atoms. The van der Waals surface area contributed by atoms with Crippen LogP contribution in [0.15, 0.2) is 54.6 Å². The number of nitrogens with zero attached hydrogens (tertiary/aromatic N) is 2. The summed E-state index contributed by atoms with van der Waals surface area (Å²) < 4.78 is 5.97. The van der Waals surface area contributed by atoms with Gasteiger partial charge in [-0.05, 0) is 74.6 Å². The minimum absolute atomic E-state index is 0.165. The van der Waals surface area contributed by atoms with Gasteiger partial charge < -0.3 is 14.7 Å². The molecule has 4 nitrogen and oxygen atoms in total. The fourth-order valence-electron chi connectivity index (χ4n) is 4.76. The summed E-state index contributed by atoms with van der Waals surface area (Å²) in [7, 11) is 2.13. The number of aliphatic hydroxyl groups is 1. The minimum Gasteiger partial charge on any atom is -0.457 e. The van der Waals surface area contributed by atoms with E-state index in [-0.39, 0.29) is 6.10 Å². The highest BCUT2D eigenvalue weighted by molar-refractivity contribution is 5.33. The molecule has 2 aliphatic rings. The van der Waals surface area contributed by atoms with Crippen LogP contribution in [0.2, 0.25) is 0 Å². The smallest absolute Gasteiger partial charge is 0.127 e. The molecule has 1 unspecified atom stereocenters. The number of benzene rings is 2. The van der Waals surface area contributed by atoms with E-state index in [9.17, 15) is 5.11 Å². The summed E-state index contributed by atoms with van der Waals surface area (Å²) in [4.78, 5) is 4.84. The highest BCUT2D eigenvalue weighted by atomic mass is 16.5. The van der Waals surface area contributed by atoms with Crippen LogP contribution in [0.4, 0.5) is 0 Å². The summed E-state index contributed by atoms with van der Waals surface area (Å²) in [6.07, 6.45) is 3.15. The van der Waals surface area contributed by atoms with Gasteiger partial charge in [0.05, 0.1) is 6.10 Å². The van der Waals surface area contributed by atoms with E-state index in [0.717, 1.165) is 50.6 Å². The van der Waals surface area contributed by atoms with Crippen molar-refractivity contribution >= 4 is 0 Å². The maximum atomic E-state index is 10.2. The molecule has 0 bridgehead atoms. The van der Waals surface area contributed by atoms with Gasteiger partial charge >= 0.3 is 0 Å². The molecule has 2 aromatic rings. The van der Waals surface area contributed by atoms with Crippen LogP contribution in [0.3, 0.4) is 0 Å². The molecule has 0 saturated carbocycles. The van der Waals surface area contributed by atoms with E-state index in [1.807, 2.05) is 36.4 Å². The predicted molar refractivity (Wildman–Crippen MR) is 108 cm³/mol. The second-order valence-corrected chi connectivity index (χ2v) is 8.39. The lowest BCUT2D eigenvalue weighted by Gasteiger charge is -2.48. The highest BCUT2D eigenvalue weighted by Gasteiger charge is 2.40. The average molecular weight is 367 g/mol. The molecular formula is C23H30N2O2. The molecule has 0 aliphatic carbocycles. The van der Waals surface area contributed by atoms with Gasteiger partial charge in [-0.2, -0.15) is 0 Å². The third-order valence-electron chi connectivity index (χ3n) is 6.00. The van der Waals surface area contributed by atoms with E-state index in [4.69, 9.17) is 4.74 Å². The van der Waals surface area contributed by atoms with Gasteiger partial charge in [0.2, 0.25) is 0 Å². The zero-order valence-corrected chi connectivity index (χ0v) is 16.2. The van der Waals surface area contributed by atoms with Crippen LogP contribution in [0.1, 0.15) is 24.8 Å². The first kappa shape index (κ1) is 18.5. The topological polar surface area (TPSA) is 35.9 Å². The summed E-state index contributed by atoms with van der Waals surface area (Å²) >= 11 is 0. The predicted octanol–water partition coefficient (Wildman–Crippen LogP) is 3.76. The van der Waals surface area contributed by atoms with Crippen LogP contribution >= 0.6 is 0 Å². The molecular weight excluding hydrogens is 336 g/mol. The third-order valence-corrected chi connectivity index (χ3v) is 6.00. The number of ether oxygens (including phenoxy) is 1. The Hall–Kier alpha value is -1.88. The number of hydrogen-bond acceptors (Lipinski definition) is 4. The molecule has 2 aliphatic heterocycles. The largest absolute Gasteiger partial charge is 0.457 e. The molecule has 2 aromatic carbocycles. The van der Waals surface area contributed by atoms with Gasteiger partial charge in [0.25, 0.3) is 0 Å². The number of para-hydroxylation sites is 1. The number of hydrogen-bond donors (Lipinski definition) is 1. The van der Waals surface area contributed by atoms with Gasteiger partial charge in [-0.25, -0.2) is 0 Å². The van der Waals surface area contributed by atoms with E-state index in [1.54, 1.807) is 0 Å². The first-order valence-electron chi connectivity index (χ1n) is 10.0. The normalized spacial score (nSPS) is 23.4. The van der Waals surface area contributed by atoms with Crippen molar-refractivity contribution in [2.45, 2.75) is 31.9 Å². The quantitative estimate of drug-likeness (QED) is 0.894. The Morgan fingerprint density at radius 2 is 1.78 bits per heavy atom. The van der Waals surface area contributed by atoms with Crippen LogP contribution < -0.4 is 4.74 Å². The van der Waals surface area contributed by atoms with Crippen molar-refractivity contribution in [1.29, 1.82) is 0 Å². The van der Waals surface area contributed by atoms with Gasteiger partial charge in [0, 0.05) is 19.6 Å². The van der Waals surface area contributed by atoms with E-state index < -0.39 is 0 Å². The number of piperidine rings is 2. The lowest BCUT2D eigenvalue weighted by molar-refractivity contribution is -0.0331. The number of β-amino-alcohol motifs (C(OH)–C–C–N with tert-alkyl or cyclic N) is 1. The summed E-state index contributed by atoms with van der Waals surface area (Å²) in [6, 6.07) is 18.3. The fraction of sp³-hybridized carbons (Fsp3) is 0.478. The molecule has 4 rings (SSSR count). The molecule has 2 heterocycles. The van der Waals surface area contributed by atoms with Crippen molar-refractivity contribution in [3.05, 3.63) is 60.2 Å². The maximum absolute atomic E-state index is 10.2. The van der Waals surface area contributed by atoms with Gasteiger partial charge in [-0.3, -0.25) is 4.90 Å². The zero-order chi connectivity index (χ0) is 18.7. The molecule has 4 heteroatoms. The maximum Gasteiger partial charge on any atom is 0.127 e. The lowest BCUT2D eigenvalue weighted by atomic mass is 9.71. The number of rotatable bonds is 4. The summed E-state index contributed by atoms with van der Waals surface area (Å²) in [5, 5.41) is 10.2. The molecule has 0 amide bonds. The Balaban J connectivity index is 1.35. The molecule has 1 N–H and O–H groups in total. The molecule has 2 saturated heterocycles. The van der Waals surface area contributed by atoms with Gasteiger partial charge in [0.15, 0.2) is 0 Å². The van der Waals surface area contributed by atoms with Gasteiger partial charge in [0.1, 0.15) is 11.5 Å². The number of likely N-dealkylation sites (N-methyl/N-ethyl adjacent to an activating group) is 1. The number of aliphatic hydroxyl groups excluding tert-OH is 1. The minimum atomic E-state index is -0.165. The van der Waals surface area contributed by atoms with Gasteiger partial charge in [-0.15, -0.1) is 0 Å². The zero-order valence-electron chi connectivity index (χ0n) is 16.2. The second kappa shape index (κ2) is 8.01. The molecule has 27 heavy (non-hydrogen) atoms. The summed E-state index contributed by atoms with van der Waals surface area (Å²) in [5.41, 5.74) is 1.60. The monoisotopic (exact) mass is 366 g/mol. The van der Waals surface area contributed by atoms with Crippen molar-refractivity contribution < 1.29 is 9.84 Å². The Kier molecular flexibility index (Phi) is 5.48. The SMILES string of the molecule is CN1CC(O)CC2(CCN(Cc3cccc(Oc4ccccc4)c3)CC2)C1. The van der Waals surface area contributed by atoms with E-state index in [0.29, 0.717) is 5.41 Å². The van der Waals surface area contributed by atoms with E-state index in [2.05, 4.69) is 35.0 Å². The molecule has 144 valence electrons. The Morgan fingerprint density at radius 1 is 1.04 bits per heavy atom. The fourth-order valence-corrected chi connectivity index (χ4v) is 4.76. The standard InChI is InChI=1S/C23H30N2O2/c1-24-17-20(26)15-23(18-24)10-12-25(13-11-23)16-19-6-5-9-22(14-19)27-21-7-3-2-4-8-21/h2-9,14,20,26H,10-13,15-18H2,1H3. The van der Waals surface area contributed by atoms with E-state index in [1.165, 1.54) is 18.4 Å². The lowest BCUT2D eigenvalue weighted by Crippen LogP contribution is -2.52. The highest BCUT2D eigenvalue weighted by Crippen LogP contribution is 2.39. The van der Waals surface area contributed by atoms with Crippen LogP contribution in [0, 0.1) is 5.41 Å². The second-order valence-electron chi connectivity index (χ2n) is 8.39. The first-order valence-corrected chi connectivity index (χ1v) is 10.0. The Morgan fingerprint density at radius 3 is 2.52 bits per heavy atom. The Bertz CT molecular complexity index is 729. The van der Waals surface area contributed by atoms with Gasteiger partial charge in [-0.1, -0.05) is 30.3 Å². The Labute approximate surface area is 162 Å². The van der Waals surface area contributed by atoms with E-state index >= 15 is 0 Å². The molecule has 0 aromatic heterocycles. The van der Waals surface area contributed by atoms with Crippen molar-refractivity contribution in [3.8, 4) is 11.5 Å². The molecule has 1 atom stereocenters. The number of likely N-dealkylation sites (tertiary alicyclic amines) is 2. The summed E-state index contributed by atoms with van der Waals surface area (Å²) in [6.45, 7) is 5.10.